The lowest BCUT2D eigenvalue weighted by Crippen LogP contribution is -2.38. The number of halogens is 2. The molecule has 2 rings (SSSR count). The molecule has 0 spiro atoms. The summed E-state index contributed by atoms with van der Waals surface area (Å²) in [6.45, 7) is 10.1. The second-order valence-electron chi connectivity index (χ2n) is 7.06. The Hall–Kier alpha value is -0.0900. The van der Waals surface area contributed by atoms with Gasteiger partial charge in [-0.2, -0.15) is 0 Å². The Morgan fingerprint density at radius 2 is 2.22 bits per heavy atom. The number of nitrogens with one attached hydrogen (secondary N) is 2. The molecule has 1 fully saturated rings. The maximum atomic E-state index is 10.2. The van der Waals surface area contributed by atoms with Crippen molar-refractivity contribution < 1.29 is 5.11 Å². The topological polar surface area (TPSA) is 59.9 Å². The van der Waals surface area contributed by atoms with Crippen molar-refractivity contribution in [3.63, 3.8) is 0 Å². The number of piperidine rings is 1. The molecule has 1 aromatic heterocycles. The lowest BCUT2D eigenvalue weighted by Gasteiger charge is -2.30. The van der Waals surface area contributed by atoms with Crippen molar-refractivity contribution in [1.29, 1.82) is 0 Å². The van der Waals surface area contributed by atoms with E-state index in [9.17, 15) is 5.11 Å². The molecule has 27 heavy (non-hydrogen) atoms. The Labute approximate surface area is 190 Å². The molecule has 8 heteroatoms. The van der Waals surface area contributed by atoms with Gasteiger partial charge in [-0.15, -0.1) is 35.3 Å². The van der Waals surface area contributed by atoms with Crippen LogP contribution in [-0.4, -0.2) is 55.2 Å². The van der Waals surface area contributed by atoms with Gasteiger partial charge in [0.2, 0.25) is 0 Å². The van der Waals surface area contributed by atoms with Gasteiger partial charge in [-0.25, -0.2) is 0 Å². The minimum Gasteiger partial charge on any atom is -0.386 e. The van der Waals surface area contributed by atoms with Gasteiger partial charge in [-0.05, 0) is 63.7 Å². The van der Waals surface area contributed by atoms with Crippen molar-refractivity contribution in [2.45, 2.75) is 45.6 Å². The van der Waals surface area contributed by atoms with E-state index >= 15 is 0 Å². The summed E-state index contributed by atoms with van der Waals surface area (Å²) >= 11 is 7.32. The Kier molecular flexibility index (Phi) is 12.9. The molecule has 0 aliphatic carbocycles. The van der Waals surface area contributed by atoms with E-state index in [1.54, 1.807) is 6.07 Å². The zero-order valence-corrected chi connectivity index (χ0v) is 20.3. The number of hydrogen-bond acceptors (Lipinski definition) is 4. The highest BCUT2D eigenvalue weighted by molar-refractivity contribution is 14.0. The fourth-order valence-corrected chi connectivity index (χ4v) is 4.31. The van der Waals surface area contributed by atoms with E-state index in [0.717, 1.165) is 36.3 Å². The Morgan fingerprint density at radius 1 is 1.41 bits per heavy atom. The van der Waals surface area contributed by atoms with Crippen LogP contribution in [0.15, 0.2) is 17.1 Å². The van der Waals surface area contributed by atoms with E-state index in [0.29, 0.717) is 10.9 Å². The van der Waals surface area contributed by atoms with Gasteiger partial charge in [0.25, 0.3) is 0 Å². The number of hydrogen-bond donors (Lipinski definition) is 3. The maximum absolute atomic E-state index is 10.2. The van der Waals surface area contributed by atoms with Crippen LogP contribution < -0.4 is 10.6 Å². The fraction of sp³-hybridized carbons (Fsp3) is 0.737. The molecule has 0 saturated carbocycles. The molecule has 5 nitrogen and oxygen atoms in total. The molecule has 0 radical (unpaired) electrons. The van der Waals surface area contributed by atoms with Gasteiger partial charge in [-0.1, -0.05) is 18.5 Å². The summed E-state index contributed by atoms with van der Waals surface area (Å²) in [4.78, 5) is 7.94. The molecular weight excluding hydrogens is 495 g/mol. The van der Waals surface area contributed by atoms with E-state index in [-0.39, 0.29) is 24.0 Å². The summed E-state index contributed by atoms with van der Waals surface area (Å²) in [7, 11) is 0. The molecule has 1 aliphatic heterocycles. The molecular formula is C19H34ClIN4OS. The molecule has 0 aromatic carbocycles. The van der Waals surface area contributed by atoms with E-state index < -0.39 is 6.10 Å². The van der Waals surface area contributed by atoms with Crippen LogP contribution in [0.4, 0.5) is 0 Å². The molecule has 2 atom stereocenters. The standard InChI is InChI=1S/C19H33ClN4OS.HI/c1-3-21-19(23-13-16(25)17-8-9-18(20)26-17)22-10-4-5-11-24-12-6-7-15(2)14-24;/h8-9,15-16,25H,3-7,10-14H2,1-2H3,(H2,21,22,23);1H. The van der Waals surface area contributed by atoms with Crippen LogP contribution in [0.5, 0.6) is 0 Å². The SMILES string of the molecule is CCNC(=NCC(O)c1ccc(Cl)s1)NCCCCN1CCCC(C)C1.I. The highest BCUT2D eigenvalue weighted by Gasteiger charge is 2.15. The number of aliphatic hydroxyl groups is 1. The summed E-state index contributed by atoms with van der Waals surface area (Å²) in [6, 6.07) is 3.66. The minimum atomic E-state index is -0.607. The predicted octanol–water partition coefficient (Wildman–Crippen LogP) is 4.12. The summed E-state index contributed by atoms with van der Waals surface area (Å²) < 4.78 is 0.691. The van der Waals surface area contributed by atoms with E-state index in [2.05, 4.69) is 27.4 Å². The number of nitrogens with zero attached hydrogens (tertiary/aromatic N) is 2. The van der Waals surface area contributed by atoms with E-state index in [4.69, 9.17) is 11.6 Å². The number of aliphatic hydroxyl groups excluding tert-OH is 1. The Balaban J connectivity index is 0.00000364. The van der Waals surface area contributed by atoms with Crippen LogP contribution in [0.1, 0.15) is 50.5 Å². The number of aliphatic imine (C=N–C) groups is 1. The monoisotopic (exact) mass is 528 g/mol. The first-order valence-electron chi connectivity index (χ1n) is 9.76. The first-order valence-corrected chi connectivity index (χ1v) is 11.0. The lowest BCUT2D eigenvalue weighted by atomic mass is 10.0. The van der Waals surface area contributed by atoms with Gasteiger partial charge in [0.15, 0.2) is 5.96 Å². The molecule has 1 aromatic rings. The summed E-state index contributed by atoms with van der Waals surface area (Å²) in [5.41, 5.74) is 0. The van der Waals surface area contributed by atoms with Crippen molar-refractivity contribution in [2.24, 2.45) is 10.9 Å². The zero-order chi connectivity index (χ0) is 18.8. The molecule has 1 aliphatic rings. The quantitative estimate of drug-likeness (QED) is 0.195. The highest BCUT2D eigenvalue weighted by atomic mass is 127. The Bertz CT molecular complexity index is 558. The number of guanidine groups is 1. The lowest BCUT2D eigenvalue weighted by molar-refractivity contribution is 0.181. The van der Waals surface area contributed by atoms with Crippen LogP contribution in [0.2, 0.25) is 4.34 Å². The molecule has 156 valence electrons. The average molecular weight is 529 g/mol. The van der Waals surface area contributed by atoms with Gasteiger partial charge in [0.05, 0.1) is 10.9 Å². The Morgan fingerprint density at radius 3 is 2.89 bits per heavy atom. The van der Waals surface area contributed by atoms with Gasteiger partial charge < -0.3 is 20.6 Å². The van der Waals surface area contributed by atoms with Crippen molar-refractivity contribution in [1.82, 2.24) is 15.5 Å². The average Bonchev–Trinajstić information content (AvgIpc) is 3.05. The van der Waals surface area contributed by atoms with Crippen LogP contribution in [0.3, 0.4) is 0 Å². The number of unbranched alkanes of at least 4 members (excludes halogenated alkanes) is 1. The largest absolute Gasteiger partial charge is 0.386 e. The normalized spacial score (nSPS) is 19.4. The first-order chi connectivity index (χ1) is 12.6. The first kappa shape index (κ1) is 24.9. The molecule has 0 bridgehead atoms. The molecule has 2 unspecified atom stereocenters. The summed E-state index contributed by atoms with van der Waals surface area (Å²) in [5.74, 6) is 1.61. The van der Waals surface area contributed by atoms with Crippen molar-refractivity contribution in [3.8, 4) is 0 Å². The third-order valence-electron chi connectivity index (χ3n) is 4.62. The molecule has 1 saturated heterocycles. The minimum absolute atomic E-state index is 0. The second-order valence-corrected chi connectivity index (χ2v) is 8.81. The van der Waals surface area contributed by atoms with E-state index in [1.165, 1.54) is 50.2 Å². The zero-order valence-electron chi connectivity index (χ0n) is 16.4. The third kappa shape index (κ3) is 9.78. The number of thiophene rings is 1. The van der Waals surface area contributed by atoms with Crippen molar-refractivity contribution in [2.75, 3.05) is 39.3 Å². The summed E-state index contributed by atoms with van der Waals surface area (Å²) in [6.07, 6.45) is 4.44. The van der Waals surface area contributed by atoms with Crippen molar-refractivity contribution in [3.05, 3.63) is 21.3 Å². The molecule has 3 N–H and O–H groups in total. The van der Waals surface area contributed by atoms with Crippen LogP contribution in [0, 0.1) is 5.92 Å². The fourth-order valence-electron chi connectivity index (χ4n) is 3.27. The van der Waals surface area contributed by atoms with Crippen LogP contribution in [0.25, 0.3) is 0 Å². The maximum Gasteiger partial charge on any atom is 0.191 e. The predicted molar refractivity (Wildman–Crippen MR) is 128 cm³/mol. The van der Waals surface area contributed by atoms with Gasteiger partial charge in [0.1, 0.15) is 6.10 Å². The van der Waals surface area contributed by atoms with Crippen molar-refractivity contribution >= 4 is 52.9 Å². The van der Waals surface area contributed by atoms with Crippen LogP contribution in [-0.2, 0) is 0 Å². The van der Waals surface area contributed by atoms with Crippen LogP contribution >= 0.6 is 46.9 Å². The van der Waals surface area contributed by atoms with Gasteiger partial charge in [-0.3, -0.25) is 4.99 Å². The number of likely N-dealkylation sites (tertiary alicyclic amines) is 1. The highest BCUT2D eigenvalue weighted by Crippen LogP contribution is 2.26. The second kappa shape index (κ2) is 14.0. The summed E-state index contributed by atoms with van der Waals surface area (Å²) in [5, 5.41) is 16.8. The van der Waals surface area contributed by atoms with E-state index in [1.807, 2.05) is 13.0 Å². The molecule has 0 amide bonds. The molecule has 2 heterocycles. The number of rotatable bonds is 9. The third-order valence-corrected chi connectivity index (χ3v) is 5.96. The van der Waals surface area contributed by atoms with Gasteiger partial charge >= 0.3 is 0 Å². The smallest absolute Gasteiger partial charge is 0.191 e. The van der Waals surface area contributed by atoms with Gasteiger partial charge in [0, 0.05) is 24.5 Å².